The highest BCUT2D eigenvalue weighted by atomic mass is 32.2. The van der Waals surface area contributed by atoms with Gasteiger partial charge in [-0.05, 0) is 31.5 Å². The van der Waals surface area contributed by atoms with Crippen molar-refractivity contribution in [2.24, 2.45) is 5.73 Å². The van der Waals surface area contributed by atoms with Crippen LogP contribution in [0.1, 0.15) is 30.5 Å². The van der Waals surface area contributed by atoms with E-state index in [-0.39, 0.29) is 6.04 Å². The first-order valence-electron chi connectivity index (χ1n) is 7.37. The zero-order valence-corrected chi connectivity index (χ0v) is 13.5. The van der Waals surface area contributed by atoms with Crippen molar-refractivity contribution >= 4 is 11.8 Å². The summed E-state index contributed by atoms with van der Waals surface area (Å²) in [6.45, 7) is 4.95. The molecule has 0 spiro atoms. The molecule has 0 saturated heterocycles. The van der Waals surface area contributed by atoms with Crippen molar-refractivity contribution < 1.29 is 4.74 Å². The van der Waals surface area contributed by atoms with Crippen LogP contribution in [0, 0.1) is 6.92 Å². The number of para-hydroxylation sites is 1. The molecule has 2 N–H and O–H groups in total. The van der Waals surface area contributed by atoms with Crippen LogP contribution < -0.4 is 10.5 Å². The molecule has 2 nitrogen and oxygen atoms in total. The van der Waals surface area contributed by atoms with Crippen LogP contribution in [0.3, 0.4) is 0 Å². The van der Waals surface area contributed by atoms with Crippen LogP contribution in [-0.4, -0.2) is 12.4 Å². The van der Waals surface area contributed by atoms with Crippen LogP contribution in [0.2, 0.25) is 0 Å². The standard InChI is InChI=1S/C18H23NOS/c1-3-11-20-18-10-5-4-9-16(18)17(19)13-21-15-8-6-7-14(2)12-15/h4-10,12,17H,3,11,13,19H2,1-2H3. The first-order valence-corrected chi connectivity index (χ1v) is 8.36. The fraction of sp³-hybridized carbons (Fsp3) is 0.333. The number of benzene rings is 2. The van der Waals surface area contributed by atoms with E-state index in [4.69, 9.17) is 10.5 Å². The number of hydrogen-bond donors (Lipinski definition) is 1. The lowest BCUT2D eigenvalue weighted by Gasteiger charge is -2.16. The largest absolute Gasteiger partial charge is 0.493 e. The molecule has 1 atom stereocenters. The number of hydrogen-bond acceptors (Lipinski definition) is 3. The van der Waals surface area contributed by atoms with E-state index in [9.17, 15) is 0 Å². The third-order valence-electron chi connectivity index (χ3n) is 3.20. The molecule has 0 aliphatic carbocycles. The van der Waals surface area contributed by atoms with Gasteiger partial charge in [-0.2, -0.15) is 0 Å². The molecule has 0 saturated carbocycles. The molecule has 0 aliphatic heterocycles. The quantitative estimate of drug-likeness (QED) is 0.760. The van der Waals surface area contributed by atoms with Gasteiger partial charge < -0.3 is 10.5 Å². The zero-order chi connectivity index (χ0) is 15.1. The first-order chi connectivity index (χ1) is 10.2. The molecule has 1 unspecified atom stereocenters. The second-order valence-electron chi connectivity index (χ2n) is 5.12. The average Bonchev–Trinajstić information content (AvgIpc) is 2.51. The zero-order valence-electron chi connectivity index (χ0n) is 12.7. The Bertz CT molecular complexity index is 571. The molecule has 2 rings (SSSR count). The van der Waals surface area contributed by atoms with E-state index < -0.39 is 0 Å². The summed E-state index contributed by atoms with van der Waals surface area (Å²) in [6, 6.07) is 16.6. The molecule has 21 heavy (non-hydrogen) atoms. The summed E-state index contributed by atoms with van der Waals surface area (Å²) in [4.78, 5) is 1.26. The van der Waals surface area contributed by atoms with E-state index in [0.717, 1.165) is 30.1 Å². The van der Waals surface area contributed by atoms with Crippen molar-refractivity contribution in [3.63, 3.8) is 0 Å². The van der Waals surface area contributed by atoms with Crippen LogP contribution >= 0.6 is 11.8 Å². The predicted octanol–water partition coefficient (Wildman–Crippen LogP) is 4.58. The molecule has 0 heterocycles. The van der Waals surface area contributed by atoms with E-state index in [2.05, 4.69) is 44.2 Å². The SMILES string of the molecule is CCCOc1ccccc1C(N)CSc1cccc(C)c1. The maximum absolute atomic E-state index is 6.35. The van der Waals surface area contributed by atoms with Crippen LogP contribution in [-0.2, 0) is 0 Å². The highest BCUT2D eigenvalue weighted by Gasteiger charge is 2.12. The Hall–Kier alpha value is -1.45. The van der Waals surface area contributed by atoms with Crippen molar-refractivity contribution in [3.8, 4) is 5.75 Å². The fourth-order valence-corrected chi connectivity index (χ4v) is 3.11. The van der Waals surface area contributed by atoms with Crippen LogP contribution in [0.4, 0.5) is 0 Å². The van der Waals surface area contributed by atoms with Crippen LogP contribution in [0.15, 0.2) is 53.4 Å². The average molecular weight is 301 g/mol. The number of aryl methyl sites for hydroxylation is 1. The summed E-state index contributed by atoms with van der Waals surface area (Å²) >= 11 is 1.79. The summed E-state index contributed by atoms with van der Waals surface area (Å²) in [6.07, 6.45) is 1.00. The molecule has 2 aromatic carbocycles. The molecule has 0 bridgehead atoms. The molecule has 0 fully saturated rings. The lowest BCUT2D eigenvalue weighted by atomic mass is 10.1. The maximum atomic E-state index is 6.35. The molecule has 2 aromatic rings. The third kappa shape index (κ3) is 4.80. The molecule has 0 aromatic heterocycles. The van der Waals surface area contributed by atoms with Gasteiger partial charge in [-0.1, -0.05) is 42.8 Å². The molecule has 0 aliphatic rings. The van der Waals surface area contributed by atoms with Crippen LogP contribution in [0.5, 0.6) is 5.75 Å². The molecular formula is C18H23NOS. The second-order valence-corrected chi connectivity index (χ2v) is 6.21. The van der Waals surface area contributed by atoms with Crippen molar-refractivity contribution in [3.05, 3.63) is 59.7 Å². The topological polar surface area (TPSA) is 35.2 Å². The monoisotopic (exact) mass is 301 g/mol. The van der Waals surface area contributed by atoms with E-state index >= 15 is 0 Å². The predicted molar refractivity (Wildman–Crippen MR) is 91.1 cm³/mol. The van der Waals surface area contributed by atoms with Gasteiger partial charge in [-0.15, -0.1) is 11.8 Å². The molecule has 112 valence electrons. The van der Waals surface area contributed by atoms with Gasteiger partial charge in [0.05, 0.1) is 6.61 Å². The van der Waals surface area contributed by atoms with E-state index in [1.54, 1.807) is 11.8 Å². The lowest BCUT2D eigenvalue weighted by Crippen LogP contribution is -2.14. The van der Waals surface area contributed by atoms with Crippen molar-refractivity contribution in [2.45, 2.75) is 31.2 Å². The summed E-state index contributed by atoms with van der Waals surface area (Å²) in [7, 11) is 0. The molecule has 3 heteroatoms. The van der Waals surface area contributed by atoms with Gasteiger partial charge in [0.1, 0.15) is 5.75 Å². The summed E-state index contributed by atoms with van der Waals surface area (Å²) in [5.41, 5.74) is 8.72. The van der Waals surface area contributed by atoms with Gasteiger partial charge in [0, 0.05) is 22.3 Å². The lowest BCUT2D eigenvalue weighted by molar-refractivity contribution is 0.313. The molecule has 0 amide bonds. The van der Waals surface area contributed by atoms with Gasteiger partial charge in [-0.3, -0.25) is 0 Å². The molecular weight excluding hydrogens is 278 g/mol. The minimum atomic E-state index is -0.0245. The smallest absolute Gasteiger partial charge is 0.124 e. The minimum Gasteiger partial charge on any atom is -0.493 e. The highest BCUT2D eigenvalue weighted by molar-refractivity contribution is 7.99. The minimum absolute atomic E-state index is 0.0245. The van der Waals surface area contributed by atoms with E-state index in [1.165, 1.54) is 10.5 Å². The Morgan fingerprint density at radius 2 is 1.95 bits per heavy atom. The Labute approximate surface area is 131 Å². The number of nitrogens with two attached hydrogens (primary N) is 1. The van der Waals surface area contributed by atoms with Crippen molar-refractivity contribution in [2.75, 3.05) is 12.4 Å². The van der Waals surface area contributed by atoms with E-state index in [1.807, 2.05) is 18.2 Å². The Kier molecular flexibility index (Phi) is 6.15. The van der Waals surface area contributed by atoms with Gasteiger partial charge in [0.2, 0.25) is 0 Å². The van der Waals surface area contributed by atoms with Crippen LogP contribution in [0.25, 0.3) is 0 Å². The Balaban J connectivity index is 2.01. The Morgan fingerprint density at radius 3 is 2.71 bits per heavy atom. The normalized spacial score (nSPS) is 12.1. The number of ether oxygens (including phenoxy) is 1. The molecule has 0 radical (unpaired) electrons. The second kappa shape index (κ2) is 8.11. The van der Waals surface area contributed by atoms with Crippen molar-refractivity contribution in [1.82, 2.24) is 0 Å². The number of thioether (sulfide) groups is 1. The van der Waals surface area contributed by atoms with Gasteiger partial charge in [0.25, 0.3) is 0 Å². The van der Waals surface area contributed by atoms with Gasteiger partial charge >= 0.3 is 0 Å². The van der Waals surface area contributed by atoms with Gasteiger partial charge in [0.15, 0.2) is 0 Å². The first kappa shape index (κ1) is 15.9. The highest BCUT2D eigenvalue weighted by Crippen LogP contribution is 2.29. The van der Waals surface area contributed by atoms with Crippen molar-refractivity contribution in [1.29, 1.82) is 0 Å². The summed E-state index contributed by atoms with van der Waals surface area (Å²) in [5, 5.41) is 0. The Morgan fingerprint density at radius 1 is 1.14 bits per heavy atom. The van der Waals surface area contributed by atoms with Gasteiger partial charge in [-0.25, -0.2) is 0 Å². The third-order valence-corrected chi connectivity index (χ3v) is 4.31. The maximum Gasteiger partial charge on any atom is 0.124 e. The number of rotatable bonds is 7. The fourth-order valence-electron chi connectivity index (χ4n) is 2.11. The summed E-state index contributed by atoms with van der Waals surface area (Å²) in [5.74, 6) is 1.76. The van der Waals surface area contributed by atoms with E-state index in [0.29, 0.717) is 0 Å². The summed E-state index contributed by atoms with van der Waals surface area (Å²) < 4.78 is 5.79.